The summed E-state index contributed by atoms with van der Waals surface area (Å²) in [6, 6.07) is 5.71. The summed E-state index contributed by atoms with van der Waals surface area (Å²) in [7, 11) is -3.12. The summed E-state index contributed by atoms with van der Waals surface area (Å²) in [5, 5.41) is -0.172. The zero-order chi connectivity index (χ0) is 15.9. The molecule has 2 fully saturated rings. The standard InChI is InChI=1S/C16H22N2O3S/c1-12-3-4-14(11-13(12)2)16(19)17-7-9-18(10-8-17)22(20,21)15-5-6-15/h3-4,11,15H,5-10H2,1-2H3. The van der Waals surface area contributed by atoms with Crippen LogP contribution >= 0.6 is 0 Å². The van der Waals surface area contributed by atoms with Gasteiger partial charge in [-0.05, 0) is 49.9 Å². The van der Waals surface area contributed by atoms with Gasteiger partial charge in [-0.1, -0.05) is 6.07 Å². The van der Waals surface area contributed by atoms with Gasteiger partial charge >= 0.3 is 0 Å². The second-order valence-electron chi connectivity index (χ2n) is 6.23. The first-order valence-corrected chi connectivity index (χ1v) is 9.25. The number of carbonyl (C=O) groups is 1. The normalized spacial score (nSPS) is 20.2. The fraction of sp³-hybridized carbons (Fsp3) is 0.562. The summed E-state index contributed by atoms with van der Waals surface area (Å²) < 4.78 is 25.9. The Labute approximate surface area is 132 Å². The summed E-state index contributed by atoms with van der Waals surface area (Å²) in [6.07, 6.45) is 1.56. The van der Waals surface area contributed by atoms with Crippen molar-refractivity contribution < 1.29 is 13.2 Å². The molecule has 2 aliphatic rings. The highest BCUT2D eigenvalue weighted by molar-refractivity contribution is 7.90. The topological polar surface area (TPSA) is 57.7 Å². The van der Waals surface area contributed by atoms with Crippen molar-refractivity contribution in [1.29, 1.82) is 0 Å². The van der Waals surface area contributed by atoms with E-state index in [0.29, 0.717) is 31.7 Å². The molecular formula is C16H22N2O3S. The molecule has 1 aromatic rings. The highest BCUT2D eigenvalue weighted by atomic mass is 32.2. The Morgan fingerprint density at radius 2 is 1.68 bits per heavy atom. The highest BCUT2D eigenvalue weighted by Gasteiger charge is 2.41. The Morgan fingerprint density at radius 1 is 1.05 bits per heavy atom. The molecule has 0 radical (unpaired) electrons. The zero-order valence-corrected chi connectivity index (χ0v) is 13.9. The van der Waals surface area contributed by atoms with Crippen LogP contribution in [-0.4, -0.2) is 55.0 Å². The van der Waals surface area contributed by atoms with Crippen molar-refractivity contribution >= 4 is 15.9 Å². The molecule has 1 amide bonds. The molecule has 0 bridgehead atoms. The Balaban J connectivity index is 1.65. The highest BCUT2D eigenvalue weighted by Crippen LogP contribution is 2.31. The van der Waals surface area contributed by atoms with Gasteiger partial charge < -0.3 is 4.90 Å². The maximum Gasteiger partial charge on any atom is 0.253 e. The predicted octanol–water partition coefficient (Wildman–Crippen LogP) is 1.55. The molecule has 0 atom stereocenters. The van der Waals surface area contributed by atoms with Gasteiger partial charge in [0.15, 0.2) is 0 Å². The Bertz CT molecular complexity index is 687. The second kappa shape index (κ2) is 5.66. The van der Waals surface area contributed by atoms with Crippen molar-refractivity contribution in [3.05, 3.63) is 34.9 Å². The summed E-state index contributed by atoms with van der Waals surface area (Å²) in [5.74, 6) is -0.00781. The van der Waals surface area contributed by atoms with E-state index < -0.39 is 10.0 Å². The molecule has 120 valence electrons. The minimum absolute atomic E-state index is 0.00781. The Morgan fingerprint density at radius 3 is 2.23 bits per heavy atom. The van der Waals surface area contributed by atoms with Gasteiger partial charge in [0.05, 0.1) is 5.25 Å². The van der Waals surface area contributed by atoms with Crippen molar-refractivity contribution in [2.24, 2.45) is 0 Å². The maximum absolute atomic E-state index is 12.5. The van der Waals surface area contributed by atoms with E-state index in [-0.39, 0.29) is 11.2 Å². The first kappa shape index (κ1) is 15.5. The quantitative estimate of drug-likeness (QED) is 0.848. The molecule has 0 spiro atoms. The molecular weight excluding hydrogens is 300 g/mol. The zero-order valence-electron chi connectivity index (χ0n) is 13.1. The smallest absolute Gasteiger partial charge is 0.253 e. The lowest BCUT2D eigenvalue weighted by Gasteiger charge is -2.34. The maximum atomic E-state index is 12.5. The molecule has 3 rings (SSSR count). The lowest BCUT2D eigenvalue weighted by Crippen LogP contribution is -2.51. The van der Waals surface area contributed by atoms with Crippen molar-refractivity contribution in [3.63, 3.8) is 0 Å². The van der Waals surface area contributed by atoms with Crippen LogP contribution in [0, 0.1) is 13.8 Å². The second-order valence-corrected chi connectivity index (χ2v) is 8.45. The van der Waals surface area contributed by atoms with Crippen LogP contribution in [0.3, 0.4) is 0 Å². The monoisotopic (exact) mass is 322 g/mol. The molecule has 0 aromatic heterocycles. The molecule has 1 aliphatic heterocycles. The van der Waals surface area contributed by atoms with Gasteiger partial charge in [-0.3, -0.25) is 4.79 Å². The Kier molecular flexibility index (Phi) is 3.99. The molecule has 1 aromatic carbocycles. The van der Waals surface area contributed by atoms with Gasteiger partial charge in [0, 0.05) is 31.7 Å². The third kappa shape index (κ3) is 2.90. The molecule has 22 heavy (non-hydrogen) atoms. The number of carbonyl (C=O) groups excluding carboxylic acids is 1. The minimum atomic E-state index is -3.12. The molecule has 0 N–H and O–H groups in total. The third-order valence-electron chi connectivity index (χ3n) is 4.59. The van der Waals surface area contributed by atoms with Gasteiger partial charge in [0.25, 0.3) is 5.91 Å². The van der Waals surface area contributed by atoms with Gasteiger partial charge in [0.1, 0.15) is 0 Å². The fourth-order valence-corrected chi connectivity index (χ4v) is 4.61. The molecule has 1 aliphatic carbocycles. The van der Waals surface area contributed by atoms with Crippen LogP contribution < -0.4 is 0 Å². The van der Waals surface area contributed by atoms with E-state index in [1.54, 1.807) is 9.21 Å². The van der Waals surface area contributed by atoms with Crippen molar-refractivity contribution in [2.45, 2.75) is 31.9 Å². The van der Waals surface area contributed by atoms with Crippen LogP contribution in [-0.2, 0) is 10.0 Å². The van der Waals surface area contributed by atoms with Gasteiger partial charge in [-0.15, -0.1) is 0 Å². The SMILES string of the molecule is Cc1ccc(C(=O)N2CCN(S(=O)(=O)C3CC3)CC2)cc1C. The number of sulfonamides is 1. The summed E-state index contributed by atoms with van der Waals surface area (Å²) in [4.78, 5) is 14.3. The van der Waals surface area contributed by atoms with E-state index in [2.05, 4.69) is 0 Å². The van der Waals surface area contributed by atoms with Crippen LogP contribution in [0.5, 0.6) is 0 Å². The number of rotatable bonds is 3. The summed E-state index contributed by atoms with van der Waals surface area (Å²) in [5.41, 5.74) is 2.94. The predicted molar refractivity (Wildman–Crippen MR) is 85.3 cm³/mol. The summed E-state index contributed by atoms with van der Waals surface area (Å²) in [6.45, 7) is 5.78. The number of piperazine rings is 1. The van der Waals surface area contributed by atoms with Crippen LogP contribution in [0.2, 0.25) is 0 Å². The number of amides is 1. The third-order valence-corrected chi connectivity index (χ3v) is 6.98. The van der Waals surface area contributed by atoms with Gasteiger partial charge in [-0.25, -0.2) is 8.42 Å². The summed E-state index contributed by atoms with van der Waals surface area (Å²) >= 11 is 0. The van der Waals surface area contributed by atoms with Crippen LogP contribution in [0.4, 0.5) is 0 Å². The van der Waals surface area contributed by atoms with E-state index in [9.17, 15) is 13.2 Å². The largest absolute Gasteiger partial charge is 0.336 e. The van der Waals surface area contributed by atoms with Gasteiger partial charge in [0.2, 0.25) is 10.0 Å². The van der Waals surface area contributed by atoms with E-state index >= 15 is 0 Å². The molecule has 5 nitrogen and oxygen atoms in total. The lowest BCUT2D eigenvalue weighted by molar-refractivity contribution is 0.0697. The molecule has 1 saturated carbocycles. The average molecular weight is 322 g/mol. The number of hydrogen-bond acceptors (Lipinski definition) is 3. The van der Waals surface area contributed by atoms with Crippen LogP contribution in [0.25, 0.3) is 0 Å². The van der Waals surface area contributed by atoms with E-state index in [4.69, 9.17) is 0 Å². The first-order chi connectivity index (χ1) is 10.4. The van der Waals surface area contributed by atoms with Crippen molar-refractivity contribution in [2.75, 3.05) is 26.2 Å². The van der Waals surface area contributed by atoms with Crippen LogP contribution in [0.15, 0.2) is 18.2 Å². The van der Waals surface area contributed by atoms with Gasteiger partial charge in [-0.2, -0.15) is 4.31 Å². The number of hydrogen-bond donors (Lipinski definition) is 0. The first-order valence-electron chi connectivity index (χ1n) is 7.75. The fourth-order valence-electron chi connectivity index (χ4n) is 2.78. The molecule has 1 heterocycles. The number of benzene rings is 1. The number of aryl methyl sites for hydroxylation is 2. The minimum Gasteiger partial charge on any atom is -0.336 e. The van der Waals surface area contributed by atoms with Crippen LogP contribution in [0.1, 0.15) is 34.3 Å². The van der Waals surface area contributed by atoms with Crippen molar-refractivity contribution in [1.82, 2.24) is 9.21 Å². The molecule has 6 heteroatoms. The van der Waals surface area contributed by atoms with Crippen molar-refractivity contribution in [3.8, 4) is 0 Å². The number of nitrogens with zero attached hydrogens (tertiary/aromatic N) is 2. The lowest BCUT2D eigenvalue weighted by atomic mass is 10.1. The Hall–Kier alpha value is -1.40. The van der Waals surface area contributed by atoms with E-state index in [1.807, 2.05) is 32.0 Å². The van der Waals surface area contributed by atoms with E-state index in [0.717, 1.165) is 24.0 Å². The molecule has 1 saturated heterocycles. The van der Waals surface area contributed by atoms with E-state index in [1.165, 1.54) is 0 Å². The average Bonchev–Trinajstić information content (AvgIpc) is 3.35. The molecule has 0 unspecified atom stereocenters.